The summed E-state index contributed by atoms with van der Waals surface area (Å²) < 4.78 is 0.691. The van der Waals surface area contributed by atoms with Crippen molar-refractivity contribution in [2.24, 2.45) is 0 Å². The van der Waals surface area contributed by atoms with Gasteiger partial charge in [0.15, 0.2) is 15.9 Å². The van der Waals surface area contributed by atoms with Crippen molar-refractivity contribution in [3.8, 4) is 0 Å². The van der Waals surface area contributed by atoms with Gasteiger partial charge in [0.2, 0.25) is 11.0 Å². The standard InChI is InChI=1S/C21H18N4O3S2/c1-3-22-20-24-25-21(30-20)29-11(2)19(28)23-12-8-9-15-16(10-12)18(27)14-7-5-4-6-13(14)17(15)26/h4-11H,3H2,1-2H3,(H,22,24)(H,23,28). The van der Waals surface area contributed by atoms with Crippen LogP contribution in [0.5, 0.6) is 0 Å². The van der Waals surface area contributed by atoms with E-state index in [1.54, 1.807) is 49.4 Å². The van der Waals surface area contributed by atoms with Crippen LogP contribution >= 0.6 is 23.1 Å². The molecule has 0 saturated heterocycles. The first-order valence-electron chi connectivity index (χ1n) is 9.35. The molecule has 1 unspecified atom stereocenters. The van der Waals surface area contributed by atoms with E-state index in [0.29, 0.717) is 37.4 Å². The Kier molecular flexibility index (Phi) is 5.65. The number of thioether (sulfide) groups is 1. The van der Waals surface area contributed by atoms with Crippen molar-refractivity contribution in [2.45, 2.75) is 23.4 Å². The highest BCUT2D eigenvalue weighted by Crippen LogP contribution is 2.31. The number of anilines is 2. The van der Waals surface area contributed by atoms with E-state index in [0.717, 1.165) is 6.54 Å². The van der Waals surface area contributed by atoms with Crippen molar-refractivity contribution in [3.63, 3.8) is 0 Å². The summed E-state index contributed by atoms with van der Waals surface area (Å²) in [5, 5.41) is 14.3. The molecule has 0 fully saturated rings. The van der Waals surface area contributed by atoms with E-state index >= 15 is 0 Å². The minimum Gasteiger partial charge on any atom is -0.360 e. The summed E-state index contributed by atoms with van der Waals surface area (Å²) >= 11 is 2.70. The highest BCUT2D eigenvalue weighted by atomic mass is 32.2. The molecule has 9 heteroatoms. The number of carbonyl (C=O) groups is 3. The Labute approximate surface area is 181 Å². The molecule has 30 heavy (non-hydrogen) atoms. The molecule has 4 rings (SSSR count). The smallest absolute Gasteiger partial charge is 0.237 e. The molecule has 0 radical (unpaired) electrons. The largest absolute Gasteiger partial charge is 0.360 e. The molecule has 1 atom stereocenters. The molecule has 1 heterocycles. The van der Waals surface area contributed by atoms with E-state index in [2.05, 4.69) is 20.8 Å². The summed E-state index contributed by atoms with van der Waals surface area (Å²) in [6, 6.07) is 11.6. The van der Waals surface area contributed by atoms with Crippen LogP contribution in [-0.2, 0) is 4.79 Å². The van der Waals surface area contributed by atoms with Gasteiger partial charge in [0.1, 0.15) is 0 Å². The van der Waals surface area contributed by atoms with E-state index in [-0.39, 0.29) is 17.5 Å². The van der Waals surface area contributed by atoms with Crippen LogP contribution < -0.4 is 10.6 Å². The van der Waals surface area contributed by atoms with Crippen LogP contribution in [0.1, 0.15) is 45.7 Å². The number of nitrogens with one attached hydrogen (secondary N) is 2. The minimum atomic E-state index is -0.415. The highest BCUT2D eigenvalue weighted by Gasteiger charge is 2.29. The predicted molar refractivity (Wildman–Crippen MR) is 118 cm³/mol. The van der Waals surface area contributed by atoms with Crippen LogP contribution in [-0.4, -0.2) is 39.5 Å². The van der Waals surface area contributed by atoms with Gasteiger partial charge in [-0.15, -0.1) is 10.2 Å². The monoisotopic (exact) mass is 438 g/mol. The SMILES string of the molecule is CCNc1nnc(SC(C)C(=O)Nc2ccc3c(c2)C(=O)c2ccccc2C3=O)s1. The fourth-order valence-corrected chi connectivity index (χ4v) is 5.07. The van der Waals surface area contributed by atoms with Crippen molar-refractivity contribution in [2.75, 3.05) is 17.2 Å². The zero-order chi connectivity index (χ0) is 21.3. The van der Waals surface area contributed by atoms with Crippen LogP contribution in [0, 0.1) is 0 Å². The fourth-order valence-electron chi connectivity index (χ4n) is 3.11. The van der Waals surface area contributed by atoms with Crippen molar-refractivity contribution in [1.82, 2.24) is 10.2 Å². The molecule has 0 saturated carbocycles. The Balaban J connectivity index is 1.49. The molecular formula is C21H18N4O3S2. The Hall–Kier alpha value is -3.04. The van der Waals surface area contributed by atoms with Gasteiger partial charge in [-0.25, -0.2) is 0 Å². The van der Waals surface area contributed by atoms with Gasteiger partial charge in [-0.05, 0) is 32.0 Å². The van der Waals surface area contributed by atoms with Crippen molar-refractivity contribution < 1.29 is 14.4 Å². The number of amides is 1. The first kappa shape index (κ1) is 20.2. The first-order valence-corrected chi connectivity index (χ1v) is 11.0. The van der Waals surface area contributed by atoms with Gasteiger partial charge in [0.05, 0.1) is 5.25 Å². The number of rotatable bonds is 6. The van der Waals surface area contributed by atoms with Gasteiger partial charge in [0, 0.05) is 34.5 Å². The first-order chi connectivity index (χ1) is 14.5. The van der Waals surface area contributed by atoms with Gasteiger partial charge < -0.3 is 10.6 Å². The van der Waals surface area contributed by atoms with E-state index in [4.69, 9.17) is 0 Å². The third kappa shape index (κ3) is 3.86. The molecule has 7 nitrogen and oxygen atoms in total. The van der Waals surface area contributed by atoms with Crippen LogP contribution in [0.15, 0.2) is 46.8 Å². The minimum absolute atomic E-state index is 0.185. The second-order valence-corrected chi connectivity index (χ2v) is 9.18. The predicted octanol–water partition coefficient (Wildman–Crippen LogP) is 3.86. The summed E-state index contributed by atoms with van der Waals surface area (Å²) in [5.74, 6) is -0.631. The van der Waals surface area contributed by atoms with E-state index in [1.807, 2.05) is 6.92 Å². The number of hydrogen-bond donors (Lipinski definition) is 2. The van der Waals surface area contributed by atoms with Crippen molar-refractivity contribution in [3.05, 3.63) is 64.7 Å². The zero-order valence-corrected chi connectivity index (χ0v) is 17.9. The lowest BCUT2D eigenvalue weighted by atomic mass is 9.84. The molecule has 1 aliphatic carbocycles. The lowest BCUT2D eigenvalue weighted by Crippen LogP contribution is -2.24. The molecule has 2 N–H and O–H groups in total. The van der Waals surface area contributed by atoms with Crippen LogP contribution in [0.2, 0.25) is 0 Å². The molecule has 0 bridgehead atoms. The number of ketones is 2. The Bertz CT molecular complexity index is 1160. The van der Waals surface area contributed by atoms with Gasteiger partial charge >= 0.3 is 0 Å². The van der Waals surface area contributed by atoms with E-state index in [9.17, 15) is 14.4 Å². The van der Waals surface area contributed by atoms with Crippen molar-refractivity contribution in [1.29, 1.82) is 0 Å². The summed E-state index contributed by atoms with van der Waals surface area (Å²) in [6.45, 7) is 4.50. The van der Waals surface area contributed by atoms with Gasteiger partial charge in [-0.1, -0.05) is 47.4 Å². The van der Waals surface area contributed by atoms with Crippen LogP contribution in [0.4, 0.5) is 10.8 Å². The number of carbonyl (C=O) groups excluding carboxylic acids is 3. The third-order valence-corrected chi connectivity index (χ3v) is 6.64. The Morgan fingerprint density at radius 2 is 1.70 bits per heavy atom. The fraction of sp³-hybridized carbons (Fsp3) is 0.190. The molecule has 0 aliphatic heterocycles. The quantitative estimate of drug-likeness (QED) is 0.441. The third-order valence-electron chi connectivity index (χ3n) is 4.57. The molecule has 0 spiro atoms. The lowest BCUT2D eigenvalue weighted by molar-refractivity contribution is -0.115. The Morgan fingerprint density at radius 1 is 1.03 bits per heavy atom. The Morgan fingerprint density at radius 3 is 2.40 bits per heavy atom. The number of fused-ring (bicyclic) bond motifs is 2. The second-order valence-electron chi connectivity index (χ2n) is 6.62. The summed E-state index contributed by atoms with van der Waals surface area (Å²) in [7, 11) is 0. The van der Waals surface area contributed by atoms with Crippen molar-refractivity contribution >= 4 is 51.4 Å². The van der Waals surface area contributed by atoms with Gasteiger partial charge in [-0.3, -0.25) is 14.4 Å². The maximum Gasteiger partial charge on any atom is 0.237 e. The van der Waals surface area contributed by atoms with Crippen LogP contribution in [0.25, 0.3) is 0 Å². The molecular weight excluding hydrogens is 420 g/mol. The van der Waals surface area contributed by atoms with E-state index < -0.39 is 5.25 Å². The van der Waals surface area contributed by atoms with Gasteiger partial charge in [0.25, 0.3) is 0 Å². The number of nitrogens with zero attached hydrogens (tertiary/aromatic N) is 2. The summed E-state index contributed by atoms with van der Waals surface area (Å²) in [6.07, 6.45) is 0. The summed E-state index contributed by atoms with van der Waals surface area (Å²) in [5.41, 5.74) is 1.92. The molecule has 152 valence electrons. The zero-order valence-electron chi connectivity index (χ0n) is 16.3. The second kappa shape index (κ2) is 8.37. The summed E-state index contributed by atoms with van der Waals surface area (Å²) in [4.78, 5) is 38.1. The normalized spacial score (nSPS) is 13.4. The average Bonchev–Trinajstić information content (AvgIpc) is 3.19. The van der Waals surface area contributed by atoms with E-state index in [1.165, 1.54) is 23.1 Å². The molecule has 1 aliphatic rings. The molecule has 3 aromatic rings. The van der Waals surface area contributed by atoms with Crippen LogP contribution in [0.3, 0.4) is 0 Å². The topological polar surface area (TPSA) is 101 Å². The number of benzene rings is 2. The maximum absolute atomic E-state index is 12.8. The average molecular weight is 439 g/mol. The molecule has 1 amide bonds. The highest BCUT2D eigenvalue weighted by molar-refractivity contribution is 8.02. The molecule has 2 aromatic carbocycles. The number of aromatic nitrogens is 2. The molecule has 1 aromatic heterocycles. The maximum atomic E-state index is 12.8. The van der Waals surface area contributed by atoms with Gasteiger partial charge in [-0.2, -0.15) is 0 Å². The number of hydrogen-bond acceptors (Lipinski definition) is 8. The lowest BCUT2D eigenvalue weighted by Gasteiger charge is -2.18.